The Hall–Kier alpha value is -0.320. The first-order chi connectivity index (χ1) is 5.59. The van der Waals surface area contributed by atoms with Gasteiger partial charge in [-0.3, -0.25) is 0 Å². The van der Waals surface area contributed by atoms with E-state index in [1.165, 1.54) is 0 Å². The van der Waals surface area contributed by atoms with Crippen LogP contribution in [0.5, 0.6) is 0 Å². The SMILES string of the molecule is CN(C)C[C@@H]1CC[C@H](C(=O)O)O1.Cl. The second kappa shape index (κ2) is 5.42. The maximum atomic E-state index is 10.5. The quantitative estimate of drug-likeness (QED) is 0.740. The molecule has 0 aromatic carbocycles. The monoisotopic (exact) mass is 209 g/mol. The molecular weight excluding hydrogens is 194 g/mol. The molecule has 1 aliphatic rings. The van der Waals surface area contributed by atoms with Crippen molar-refractivity contribution in [2.45, 2.75) is 25.0 Å². The lowest BCUT2D eigenvalue weighted by molar-refractivity contribution is -0.149. The Morgan fingerprint density at radius 3 is 2.54 bits per heavy atom. The Morgan fingerprint density at radius 1 is 1.54 bits per heavy atom. The molecule has 0 aromatic heterocycles. The molecule has 0 unspecified atom stereocenters. The Labute approximate surface area is 84.3 Å². The molecule has 13 heavy (non-hydrogen) atoms. The summed E-state index contributed by atoms with van der Waals surface area (Å²) in [7, 11) is 3.91. The second-order valence-corrected chi connectivity index (χ2v) is 3.42. The van der Waals surface area contributed by atoms with Gasteiger partial charge in [0, 0.05) is 6.54 Å². The number of likely N-dealkylation sites (N-methyl/N-ethyl adjacent to an activating group) is 1. The molecule has 0 aromatic rings. The lowest BCUT2D eigenvalue weighted by Crippen LogP contribution is -2.28. The Balaban J connectivity index is 0.00000144. The van der Waals surface area contributed by atoms with Crippen molar-refractivity contribution in [3.8, 4) is 0 Å². The largest absolute Gasteiger partial charge is 0.479 e. The molecule has 1 heterocycles. The predicted octanol–water partition coefficient (Wildman–Crippen LogP) is 0.602. The van der Waals surface area contributed by atoms with Gasteiger partial charge < -0.3 is 14.7 Å². The minimum atomic E-state index is -0.837. The van der Waals surface area contributed by atoms with Crippen molar-refractivity contribution >= 4 is 18.4 Å². The summed E-state index contributed by atoms with van der Waals surface area (Å²) >= 11 is 0. The van der Waals surface area contributed by atoms with Gasteiger partial charge in [-0.1, -0.05) is 0 Å². The maximum absolute atomic E-state index is 10.5. The van der Waals surface area contributed by atoms with Crippen LogP contribution in [-0.2, 0) is 9.53 Å². The maximum Gasteiger partial charge on any atom is 0.332 e. The topological polar surface area (TPSA) is 49.8 Å². The third-order valence-corrected chi connectivity index (χ3v) is 1.95. The molecule has 1 aliphatic heterocycles. The molecule has 0 radical (unpaired) electrons. The minimum Gasteiger partial charge on any atom is -0.479 e. The van der Waals surface area contributed by atoms with Crippen molar-refractivity contribution in [2.24, 2.45) is 0 Å². The van der Waals surface area contributed by atoms with E-state index in [1.807, 2.05) is 19.0 Å². The molecule has 1 N–H and O–H groups in total. The van der Waals surface area contributed by atoms with Gasteiger partial charge in [0.1, 0.15) is 0 Å². The van der Waals surface area contributed by atoms with Gasteiger partial charge in [0.15, 0.2) is 6.10 Å². The standard InChI is InChI=1S/C8H15NO3.ClH/c1-9(2)5-6-3-4-7(12-6)8(10)11;/h6-7H,3-5H2,1-2H3,(H,10,11);1H/t6-,7+;/m0./s1. The van der Waals surface area contributed by atoms with E-state index in [-0.39, 0.29) is 18.5 Å². The number of carboxylic acids is 1. The Morgan fingerprint density at radius 2 is 2.15 bits per heavy atom. The van der Waals surface area contributed by atoms with Gasteiger partial charge in [0.05, 0.1) is 6.10 Å². The summed E-state index contributed by atoms with van der Waals surface area (Å²) in [6.45, 7) is 0.809. The van der Waals surface area contributed by atoms with Gasteiger partial charge in [-0.2, -0.15) is 0 Å². The number of hydrogen-bond acceptors (Lipinski definition) is 3. The highest BCUT2D eigenvalue weighted by atomic mass is 35.5. The van der Waals surface area contributed by atoms with E-state index in [1.54, 1.807) is 0 Å². The Kier molecular flexibility index (Phi) is 5.29. The first kappa shape index (κ1) is 12.7. The lowest BCUT2D eigenvalue weighted by atomic mass is 10.2. The highest BCUT2D eigenvalue weighted by Gasteiger charge is 2.30. The number of nitrogens with zero attached hydrogens (tertiary/aromatic N) is 1. The summed E-state index contributed by atoms with van der Waals surface area (Å²) in [5.41, 5.74) is 0. The van der Waals surface area contributed by atoms with Gasteiger partial charge in [-0.15, -0.1) is 12.4 Å². The van der Waals surface area contributed by atoms with Crippen LogP contribution >= 0.6 is 12.4 Å². The molecule has 1 fully saturated rings. The van der Waals surface area contributed by atoms with Crippen LogP contribution in [0.1, 0.15) is 12.8 Å². The fourth-order valence-corrected chi connectivity index (χ4v) is 1.43. The molecule has 78 valence electrons. The fourth-order valence-electron chi connectivity index (χ4n) is 1.43. The van der Waals surface area contributed by atoms with Crippen molar-refractivity contribution < 1.29 is 14.6 Å². The van der Waals surface area contributed by atoms with E-state index in [2.05, 4.69) is 0 Å². The molecule has 0 saturated carbocycles. The molecule has 0 spiro atoms. The van der Waals surface area contributed by atoms with Gasteiger partial charge in [-0.25, -0.2) is 4.79 Å². The van der Waals surface area contributed by atoms with Gasteiger partial charge in [0.2, 0.25) is 0 Å². The van der Waals surface area contributed by atoms with Crippen LogP contribution in [0.15, 0.2) is 0 Å². The zero-order valence-corrected chi connectivity index (χ0v) is 8.71. The molecule has 2 atom stereocenters. The zero-order valence-electron chi connectivity index (χ0n) is 7.90. The molecule has 5 heteroatoms. The zero-order chi connectivity index (χ0) is 9.14. The number of ether oxygens (including phenoxy) is 1. The van der Waals surface area contributed by atoms with E-state index in [0.717, 1.165) is 13.0 Å². The number of carbonyl (C=O) groups is 1. The van der Waals surface area contributed by atoms with Gasteiger partial charge in [0.25, 0.3) is 0 Å². The summed E-state index contributed by atoms with van der Waals surface area (Å²) in [6, 6.07) is 0. The molecule has 1 saturated heterocycles. The summed E-state index contributed by atoms with van der Waals surface area (Å²) in [5.74, 6) is -0.837. The first-order valence-electron chi connectivity index (χ1n) is 4.12. The number of aliphatic carboxylic acids is 1. The minimum absolute atomic E-state index is 0. The number of hydrogen-bond donors (Lipinski definition) is 1. The van der Waals surface area contributed by atoms with Crippen molar-refractivity contribution in [3.63, 3.8) is 0 Å². The average molecular weight is 210 g/mol. The lowest BCUT2D eigenvalue weighted by Gasteiger charge is -2.15. The molecule has 0 amide bonds. The van der Waals surface area contributed by atoms with E-state index < -0.39 is 12.1 Å². The highest BCUT2D eigenvalue weighted by Crippen LogP contribution is 2.19. The van der Waals surface area contributed by atoms with Crippen LogP contribution in [0.3, 0.4) is 0 Å². The third kappa shape index (κ3) is 3.93. The van der Waals surface area contributed by atoms with Crippen molar-refractivity contribution in [2.75, 3.05) is 20.6 Å². The summed E-state index contributed by atoms with van der Waals surface area (Å²) in [5, 5.41) is 8.63. The van der Waals surface area contributed by atoms with Crippen LogP contribution in [0.4, 0.5) is 0 Å². The second-order valence-electron chi connectivity index (χ2n) is 3.42. The van der Waals surface area contributed by atoms with Crippen molar-refractivity contribution in [1.29, 1.82) is 0 Å². The van der Waals surface area contributed by atoms with E-state index in [0.29, 0.717) is 6.42 Å². The van der Waals surface area contributed by atoms with Crippen LogP contribution < -0.4 is 0 Å². The van der Waals surface area contributed by atoms with E-state index in [4.69, 9.17) is 9.84 Å². The third-order valence-electron chi connectivity index (χ3n) is 1.95. The van der Waals surface area contributed by atoms with E-state index in [9.17, 15) is 4.79 Å². The van der Waals surface area contributed by atoms with Gasteiger partial charge in [-0.05, 0) is 26.9 Å². The van der Waals surface area contributed by atoms with E-state index >= 15 is 0 Å². The van der Waals surface area contributed by atoms with Crippen molar-refractivity contribution in [1.82, 2.24) is 4.90 Å². The van der Waals surface area contributed by atoms with Gasteiger partial charge >= 0.3 is 5.97 Å². The Bertz CT molecular complexity index is 175. The predicted molar refractivity (Wildman–Crippen MR) is 51.3 cm³/mol. The van der Waals surface area contributed by atoms with Crippen LogP contribution in [0.2, 0.25) is 0 Å². The molecular formula is C8H16ClNO3. The summed E-state index contributed by atoms with van der Waals surface area (Å²) in [6.07, 6.45) is 1.03. The number of rotatable bonds is 3. The van der Waals surface area contributed by atoms with Crippen molar-refractivity contribution in [3.05, 3.63) is 0 Å². The molecule has 4 nitrogen and oxygen atoms in total. The summed E-state index contributed by atoms with van der Waals surface area (Å²) < 4.78 is 5.29. The van der Waals surface area contributed by atoms with Crippen LogP contribution in [-0.4, -0.2) is 48.8 Å². The normalized spacial score (nSPS) is 27.3. The fraction of sp³-hybridized carbons (Fsp3) is 0.875. The first-order valence-corrected chi connectivity index (χ1v) is 4.12. The highest BCUT2D eigenvalue weighted by molar-refractivity contribution is 5.85. The van der Waals surface area contributed by atoms with Crippen LogP contribution in [0, 0.1) is 0 Å². The molecule has 0 bridgehead atoms. The molecule has 0 aliphatic carbocycles. The average Bonchev–Trinajstić information content (AvgIpc) is 2.34. The summed E-state index contributed by atoms with van der Waals surface area (Å²) in [4.78, 5) is 12.5. The molecule has 1 rings (SSSR count). The smallest absolute Gasteiger partial charge is 0.332 e. The van der Waals surface area contributed by atoms with Crippen LogP contribution in [0.25, 0.3) is 0 Å². The number of halogens is 1. The number of carboxylic acid groups (broad SMARTS) is 1.